The van der Waals surface area contributed by atoms with Gasteiger partial charge in [-0.25, -0.2) is 4.98 Å². The third-order valence-corrected chi connectivity index (χ3v) is 5.55. The van der Waals surface area contributed by atoms with Crippen molar-refractivity contribution in [2.45, 2.75) is 37.9 Å². The van der Waals surface area contributed by atoms with Gasteiger partial charge in [0.15, 0.2) is 23.0 Å². The number of ether oxygens (including phenoxy) is 2. The quantitative estimate of drug-likeness (QED) is 0.679. The molecule has 3 aromatic rings. The van der Waals surface area contributed by atoms with E-state index in [-0.39, 0.29) is 17.9 Å². The molecule has 28 heavy (non-hydrogen) atoms. The number of hydrogen-bond acceptors (Lipinski definition) is 5. The SMILES string of the molecule is CC1Oc2ccccc2OC1C(=O)N1CCC(c2nc3ccccc3o2)CC1. The summed E-state index contributed by atoms with van der Waals surface area (Å²) in [5.74, 6) is 2.30. The third kappa shape index (κ3) is 2.99. The van der Waals surface area contributed by atoms with Crippen molar-refractivity contribution in [1.82, 2.24) is 9.88 Å². The number of likely N-dealkylation sites (tertiary alicyclic amines) is 1. The highest BCUT2D eigenvalue weighted by molar-refractivity contribution is 5.82. The molecule has 1 fully saturated rings. The highest BCUT2D eigenvalue weighted by Crippen LogP contribution is 2.35. The molecule has 0 saturated carbocycles. The predicted molar refractivity (Wildman–Crippen MR) is 104 cm³/mol. The lowest BCUT2D eigenvalue weighted by Gasteiger charge is -2.37. The van der Waals surface area contributed by atoms with Crippen molar-refractivity contribution in [3.8, 4) is 11.5 Å². The number of hydrogen-bond donors (Lipinski definition) is 0. The summed E-state index contributed by atoms with van der Waals surface area (Å²) >= 11 is 0. The summed E-state index contributed by atoms with van der Waals surface area (Å²) in [4.78, 5) is 19.5. The molecule has 2 unspecified atom stereocenters. The molecular formula is C22H22N2O4. The Morgan fingerprint density at radius 1 is 1.00 bits per heavy atom. The summed E-state index contributed by atoms with van der Waals surface area (Å²) in [6.07, 6.45) is 0.724. The molecule has 0 radical (unpaired) electrons. The van der Waals surface area contributed by atoms with E-state index < -0.39 is 6.10 Å². The molecule has 1 amide bonds. The number of oxazole rings is 1. The van der Waals surface area contributed by atoms with Crippen LogP contribution in [-0.2, 0) is 4.79 Å². The van der Waals surface area contributed by atoms with Crippen molar-refractivity contribution in [1.29, 1.82) is 0 Å². The van der Waals surface area contributed by atoms with E-state index in [2.05, 4.69) is 4.98 Å². The number of carbonyl (C=O) groups excluding carboxylic acids is 1. The van der Waals surface area contributed by atoms with Crippen LogP contribution < -0.4 is 9.47 Å². The summed E-state index contributed by atoms with van der Waals surface area (Å²) < 4.78 is 17.8. The smallest absolute Gasteiger partial charge is 0.267 e. The van der Waals surface area contributed by atoms with Crippen LogP contribution in [0.5, 0.6) is 11.5 Å². The van der Waals surface area contributed by atoms with Gasteiger partial charge in [0.25, 0.3) is 5.91 Å². The number of fused-ring (bicyclic) bond motifs is 2. The van der Waals surface area contributed by atoms with Gasteiger partial charge in [0.05, 0.1) is 0 Å². The number of amides is 1. The number of rotatable bonds is 2. The highest BCUT2D eigenvalue weighted by Gasteiger charge is 2.38. The zero-order valence-corrected chi connectivity index (χ0v) is 15.7. The first-order chi connectivity index (χ1) is 13.7. The van der Waals surface area contributed by atoms with Crippen LogP contribution >= 0.6 is 0 Å². The molecule has 0 spiro atoms. The molecule has 6 nitrogen and oxygen atoms in total. The average molecular weight is 378 g/mol. The van der Waals surface area contributed by atoms with Crippen LogP contribution in [0.4, 0.5) is 0 Å². The largest absolute Gasteiger partial charge is 0.482 e. The molecule has 2 aromatic carbocycles. The van der Waals surface area contributed by atoms with Crippen molar-refractivity contribution < 1.29 is 18.7 Å². The van der Waals surface area contributed by atoms with E-state index in [1.165, 1.54) is 0 Å². The first kappa shape index (κ1) is 17.1. The number of piperidine rings is 1. The van der Waals surface area contributed by atoms with E-state index in [1.54, 1.807) is 0 Å². The van der Waals surface area contributed by atoms with E-state index in [0.29, 0.717) is 24.6 Å². The fourth-order valence-corrected chi connectivity index (χ4v) is 3.98. The van der Waals surface area contributed by atoms with Gasteiger partial charge >= 0.3 is 0 Å². The fourth-order valence-electron chi connectivity index (χ4n) is 3.98. The Labute approximate surface area is 163 Å². The van der Waals surface area contributed by atoms with Gasteiger partial charge in [0.1, 0.15) is 11.6 Å². The van der Waals surface area contributed by atoms with Crippen molar-refractivity contribution in [3.63, 3.8) is 0 Å². The fraction of sp³-hybridized carbons (Fsp3) is 0.364. The van der Waals surface area contributed by atoms with Crippen LogP contribution in [0.25, 0.3) is 11.1 Å². The summed E-state index contributed by atoms with van der Waals surface area (Å²) in [6.45, 7) is 3.20. The van der Waals surface area contributed by atoms with Gasteiger partial charge in [0, 0.05) is 19.0 Å². The van der Waals surface area contributed by atoms with Crippen molar-refractivity contribution >= 4 is 17.0 Å². The van der Waals surface area contributed by atoms with E-state index in [0.717, 1.165) is 29.8 Å². The standard InChI is InChI=1S/C22H22N2O4/c1-14-20(27-19-9-5-4-8-18(19)26-14)22(25)24-12-10-15(11-13-24)21-23-16-6-2-3-7-17(16)28-21/h2-9,14-15,20H,10-13H2,1H3. The summed E-state index contributed by atoms with van der Waals surface area (Å²) in [6, 6.07) is 15.3. The number of para-hydroxylation sites is 4. The van der Waals surface area contributed by atoms with Gasteiger partial charge in [0.2, 0.25) is 6.10 Å². The topological polar surface area (TPSA) is 64.8 Å². The molecule has 0 N–H and O–H groups in total. The minimum atomic E-state index is -0.615. The Morgan fingerprint density at radius 2 is 1.68 bits per heavy atom. The molecule has 2 aliphatic heterocycles. The molecule has 5 rings (SSSR count). The molecule has 1 aromatic heterocycles. The second kappa shape index (κ2) is 6.86. The molecule has 2 atom stereocenters. The normalized spacial score (nSPS) is 22.4. The zero-order chi connectivity index (χ0) is 19.1. The Kier molecular flexibility index (Phi) is 4.19. The Bertz CT molecular complexity index is 973. The Hall–Kier alpha value is -3.02. The molecule has 2 aliphatic rings. The lowest BCUT2D eigenvalue weighted by molar-refractivity contribution is -0.145. The summed E-state index contributed by atoms with van der Waals surface area (Å²) in [5, 5.41) is 0. The molecular weight excluding hydrogens is 356 g/mol. The Balaban J connectivity index is 1.26. The van der Waals surface area contributed by atoms with Gasteiger partial charge in [-0.05, 0) is 44.0 Å². The van der Waals surface area contributed by atoms with Gasteiger partial charge in [-0.1, -0.05) is 24.3 Å². The number of benzene rings is 2. The van der Waals surface area contributed by atoms with Crippen LogP contribution in [0, 0.1) is 0 Å². The first-order valence-electron chi connectivity index (χ1n) is 9.75. The molecule has 0 bridgehead atoms. The minimum Gasteiger partial charge on any atom is -0.482 e. The van der Waals surface area contributed by atoms with Crippen LogP contribution in [0.15, 0.2) is 52.9 Å². The maximum absolute atomic E-state index is 13.0. The predicted octanol–water partition coefficient (Wildman–Crippen LogP) is 3.76. The second-order valence-electron chi connectivity index (χ2n) is 7.43. The van der Waals surface area contributed by atoms with Gasteiger partial charge in [-0.3, -0.25) is 4.79 Å². The van der Waals surface area contributed by atoms with Crippen LogP contribution in [0.3, 0.4) is 0 Å². The Morgan fingerprint density at radius 3 is 2.43 bits per heavy atom. The van der Waals surface area contributed by atoms with Crippen LogP contribution in [0.1, 0.15) is 31.6 Å². The van der Waals surface area contributed by atoms with E-state index in [9.17, 15) is 4.79 Å². The zero-order valence-electron chi connectivity index (χ0n) is 15.7. The van der Waals surface area contributed by atoms with Gasteiger partial charge in [-0.15, -0.1) is 0 Å². The van der Waals surface area contributed by atoms with Crippen molar-refractivity contribution in [2.24, 2.45) is 0 Å². The molecule has 0 aliphatic carbocycles. The van der Waals surface area contributed by atoms with Crippen LogP contribution in [-0.4, -0.2) is 41.1 Å². The van der Waals surface area contributed by atoms with E-state index >= 15 is 0 Å². The molecule has 6 heteroatoms. The molecule has 3 heterocycles. The van der Waals surface area contributed by atoms with Crippen molar-refractivity contribution in [3.05, 3.63) is 54.4 Å². The number of nitrogens with zero attached hydrogens (tertiary/aromatic N) is 2. The minimum absolute atomic E-state index is 0.0157. The maximum atomic E-state index is 13.0. The number of aromatic nitrogens is 1. The molecule has 1 saturated heterocycles. The highest BCUT2D eigenvalue weighted by atomic mass is 16.6. The summed E-state index contributed by atoms with van der Waals surface area (Å²) in [7, 11) is 0. The van der Waals surface area contributed by atoms with Gasteiger partial charge < -0.3 is 18.8 Å². The molecule has 144 valence electrons. The average Bonchev–Trinajstić information content (AvgIpc) is 3.17. The number of carbonyl (C=O) groups is 1. The summed E-state index contributed by atoms with van der Waals surface area (Å²) in [5.41, 5.74) is 1.70. The van der Waals surface area contributed by atoms with Crippen LogP contribution in [0.2, 0.25) is 0 Å². The third-order valence-electron chi connectivity index (χ3n) is 5.55. The lowest BCUT2D eigenvalue weighted by Crippen LogP contribution is -2.52. The first-order valence-corrected chi connectivity index (χ1v) is 9.75. The monoisotopic (exact) mass is 378 g/mol. The maximum Gasteiger partial charge on any atom is 0.267 e. The second-order valence-corrected chi connectivity index (χ2v) is 7.43. The van der Waals surface area contributed by atoms with Gasteiger partial charge in [-0.2, -0.15) is 0 Å². The van der Waals surface area contributed by atoms with E-state index in [1.807, 2.05) is 60.4 Å². The van der Waals surface area contributed by atoms with Crippen molar-refractivity contribution in [2.75, 3.05) is 13.1 Å². The van der Waals surface area contributed by atoms with E-state index in [4.69, 9.17) is 13.9 Å². The lowest BCUT2D eigenvalue weighted by atomic mass is 9.96.